The van der Waals surface area contributed by atoms with Crippen molar-refractivity contribution in [1.82, 2.24) is 0 Å². The van der Waals surface area contributed by atoms with Crippen molar-refractivity contribution < 1.29 is 9.59 Å². The van der Waals surface area contributed by atoms with Crippen molar-refractivity contribution in [2.45, 2.75) is 33.6 Å². The van der Waals surface area contributed by atoms with Crippen molar-refractivity contribution in [1.29, 1.82) is 0 Å². The second-order valence-electron chi connectivity index (χ2n) is 4.64. The fourth-order valence-electron chi connectivity index (χ4n) is 1.67. The molecule has 0 N–H and O–H groups in total. The molecule has 0 spiro atoms. The minimum Gasteiger partial charge on any atom is -0.269 e. The van der Waals surface area contributed by atoms with E-state index in [9.17, 15) is 9.59 Å². The number of carbonyl (C=O) groups is 2. The number of amides is 2. The van der Waals surface area contributed by atoms with Gasteiger partial charge < -0.3 is 0 Å². The zero-order valence-electron chi connectivity index (χ0n) is 12.3. The van der Waals surface area contributed by atoms with Gasteiger partial charge in [-0.05, 0) is 31.4 Å². The Balaban J connectivity index is 0.000000347. The van der Waals surface area contributed by atoms with Gasteiger partial charge in [0.15, 0.2) is 0 Å². The Morgan fingerprint density at radius 2 is 1.60 bits per heavy atom. The van der Waals surface area contributed by atoms with E-state index in [1.165, 1.54) is 22.6 Å². The molecule has 1 aromatic carbocycles. The van der Waals surface area contributed by atoms with Crippen LogP contribution < -0.4 is 4.90 Å². The molecule has 0 atom stereocenters. The van der Waals surface area contributed by atoms with Crippen LogP contribution in [0.3, 0.4) is 0 Å². The van der Waals surface area contributed by atoms with Crippen molar-refractivity contribution in [3.05, 3.63) is 54.1 Å². The molecule has 1 aromatic rings. The quantitative estimate of drug-likeness (QED) is 0.621. The van der Waals surface area contributed by atoms with Crippen molar-refractivity contribution >= 4 is 17.5 Å². The molecule has 2 rings (SSSR count). The molecule has 0 saturated carbocycles. The SMILES string of the molecule is C=C(C)CC.CCc1ccccc1N1C(=O)C=CC1=O. The topological polar surface area (TPSA) is 37.4 Å². The molecule has 0 bridgehead atoms. The van der Waals surface area contributed by atoms with Gasteiger partial charge in [0.05, 0.1) is 5.69 Å². The number of allylic oxidation sites excluding steroid dienone is 1. The Morgan fingerprint density at radius 3 is 2.05 bits per heavy atom. The second-order valence-corrected chi connectivity index (χ2v) is 4.64. The Kier molecular flexibility index (Phi) is 5.91. The smallest absolute Gasteiger partial charge is 0.258 e. The van der Waals surface area contributed by atoms with Crippen LogP contribution in [0.2, 0.25) is 0 Å². The van der Waals surface area contributed by atoms with Crippen LogP contribution in [0, 0.1) is 0 Å². The summed E-state index contributed by atoms with van der Waals surface area (Å²) in [5.41, 5.74) is 2.95. The minimum atomic E-state index is -0.263. The molecule has 1 aliphatic heterocycles. The number of hydrogen-bond acceptors (Lipinski definition) is 2. The zero-order valence-corrected chi connectivity index (χ0v) is 12.3. The number of nitrogens with zero attached hydrogens (tertiary/aromatic N) is 1. The number of para-hydroxylation sites is 1. The van der Waals surface area contributed by atoms with Gasteiger partial charge in [0.2, 0.25) is 0 Å². The van der Waals surface area contributed by atoms with E-state index in [4.69, 9.17) is 0 Å². The van der Waals surface area contributed by atoms with Crippen molar-refractivity contribution in [2.75, 3.05) is 4.90 Å². The molecule has 0 saturated heterocycles. The molecule has 2 amide bonds. The van der Waals surface area contributed by atoms with E-state index < -0.39 is 0 Å². The largest absolute Gasteiger partial charge is 0.269 e. The highest BCUT2D eigenvalue weighted by molar-refractivity contribution is 6.28. The summed E-state index contributed by atoms with van der Waals surface area (Å²) in [5, 5.41) is 0. The maximum absolute atomic E-state index is 11.5. The molecular formula is C17H21NO2. The monoisotopic (exact) mass is 271 g/mol. The summed E-state index contributed by atoms with van der Waals surface area (Å²) in [6.45, 7) is 9.80. The van der Waals surface area contributed by atoms with Crippen molar-refractivity contribution in [3.63, 3.8) is 0 Å². The van der Waals surface area contributed by atoms with Crippen LogP contribution in [0.25, 0.3) is 0 Å². The standard InChI is InChI=1S/C12H11NO2.C5H10/c1-2-9-5-3-4-6-10(9)13-11(14)7-8-12(13)15;1-4-5(2)3/h3-8H,2H2,1H3;2,4H2,1,3H3. The van der Waals surface area contributed by atoms with E-state index in [2.05, 4.69) is 13.5 Å². The molecule has 3 nitrogen and oxygen atoms in total. The Morgan fingerprint density at radius 1 is 1.10 bits per heavy atom. The molecule has 3 heteroatoms. The van der Waals surface area contributed by atoms with Crippen LogP contribution in [-0.4, -0.2) is 11.8 Å². The van der Waals surface area contributed by atoms with Gasteiger partial charge in [0, 0.05) is 12.2 Å². The predicted octanol–water partition coefficient (Wildman–Crippen LogP) is 3.65. The van der Waals surface area contributed by atoms with Crippen LogP contribution >= 0.6 is 0 Å². The number of anilines is 1. The third kappa shape index (κ3) is 3.92. The van der Waals surface area contributed by atoms with E-state index in [0.29, 0.717) is 5.69 Å². The molecule has 0 radical (unpaired) electrons. The highest BCUT2D eigenvalue weighted by atomic mass is 16.2. The Labute approximate surface area is 120 Å². The lowest BCUT2D eigenvalue weighted by Crippen LogP contribution is -2.30. The maximum atomic E-state index is 11.5. The number of carbonyl (C=O) groups excluding carboxylic acids is 2. The normalized spacial score (nSPS) is 13.2. The Hall–Kier alpha value is -2.16. The molecule has 0 aliphatic carbocycles. The first-order valence-corrected chi connectivity index (χ1v) is 6.79. The first kappa shape index (κ1) is 15.9. The van der Waals surface area contributed by atoms with Gasteiger partial charge in [-0.1, -0.05) is 37.6 Å². The third-order valence-electron chi connectivity index (χ3n) is 3.03. The van der Waals surface area contributed by atoms with Crippen LogP contribution in [0.15, 0.2) is 48.6 Å². The second kappa shape index (κ2) is 7.43. The molecule has 0 fully saturated rings. The lowest BCUT2D eigenvalue weighted by atomic mass is 10.1. The number of imide groups is 1. The van der Waals surface area contributed by atoms with Crippen LogP contribution in [0.1, 0.15) is 32.8 Å². The van der Waals surface area contributed by atoms with Gasteiger partial charge in [-0.2, -0.15) is 0 Å². The van der Waals surface area contributed by atoms with Gasteiger partial charge in [0.1, 0.15) is 0 Å². The summed E-state index contributed by atoms with van der Waals surface area (Å²) in [5.74, 6) is -0.526. The van der Waals surface area contributed by atoms with E-state index in [1.807, 2.05) is 32.0 Å². The van der Waals surface area contributed by atoms with Crippen molar-refractivity contribution in [3.8, 4) is 0 Å². The summed E-state index contributed by atoms with van der Waals surface area (Å²) in [7, 11) is 0. The van der Waals surface area contributed by atoms with Crippen LogP contribution in [0.5, 0.6) is 0 Å². The highest BCUT2D eigenvalue weighted by Gasteiger charge is 2.26. The van der Waals surface area contributed by atoms with Crippen LogP contribution in [-0.2, 0) is 16.0 Å². The summed E-state index contributed by atoms with van der Waals surface area (Å²) in [4.78, 5) is 24.2. The van der Waals surface area contributed by atoms with Crippen LogP contribution in [0.4, 0.5) is 5.69 Å². The number of benzene rings is 1. The fraction of sp³-hybridized carbons (Fsp3) is 0.294. The van der Waals surface area contributed by atoms with E-state index in [1.54, 1.807) is 6.07 Å². The first-order chi connectivity index (χ1) is 9.51. The zero-order chi connectivity index (χ0) is 15.1. The van der Waals surface area contributed by atoms with Gasteiger partial charge >= 0.3 is 0 Å². The average molecular weight is 271 g/mol. The average Bonchev–Trinajstić information content (AvgIpc) is 2.78. The van der Waals surface area contributed by atoms with E-state index in [-0.39, 0.29) is 11.8 Å². The summed E-state index contributed by atoms with van der Waals surface area (Å²) < 4.78 is 0. The number of rotatable bonds is 3. The maximum Gasteiger partial charge on any atom is 0.258 e. The molecule has 0 aromatic heterocycles. The van der Waals surface area contributed by atoms with Gasteiger partial charge in [-0.3, -0.25) is 9.59 Å². The summed E-state index contributed by atoms with van der Waals surface area (Å²) in [6, 6.07) is 7.45. The molecule has 0 unspecified atom stereocenters. The van der Waals surface area contributed by atoms with Gasteiger partial charge in [-0.25, -0.2) is 4.90 Å². The van der Waals surface area contributed by atoms with E-state index >= 15 is 0 Å². The fourth-order valence-corrected chi connectivity index (χ4v) is 1.67. The third-order valence-corrected chi connectivity index (χ3v) is 3.03. The molecule has 1 heterocycles. The van der Waals surface area contributed by atoms with Gasteiger partial charge in [0.25, 0.3) is 11.8 Å². The van der Waals surface area contributed by atoms with E-state index in [0.717, 1.165) is 18.4 Å². The Bertz CT molecular complexity index is 526. The molecule has 1 aliphatic rings. The summed E-state index contributed by atoms with van der Waals surface area (Å²) in [6.07, 6.45) is 4.51. The lowest BCUT2D eigenvalue weighted by molar-refractivity contribution is -0.119. The molecule has 20 heavy (non-hydrogen) atoms. The highest BCUT2D eigenvalue weighted by Crippen LogP contribution is 2.23. The summed E-state index contributed by atoms with van der Waals surface area (Å²) >= 11 is 0. The van der Waals surface area contributed by atoms with Gasteiger partial charge in [-0.15, -0.1) is 6.58 Å². The minimum absolute atomic E-state index is 0.263. The first-order valence-electron chi connectivity index (χ1n) is 6.79. The lowest BCUT2D eigenvalue weighted by Gasteiger charge is -2.17. The molecule has 106 valence electrons. The predicted molar refractivity (Wildman–Crippen MR) is 82.6 cm³/mol. The number of aryl methyl sites for hydroxylation is 1. The number of hydrogen-bond donors (Lipinski definition) is 0. The molecular weight excluding hydrogens is 250 g/mol. The van der Waals surface area contributed by atoms with Crippen molar-refractivity contribution in [2.24, 2.45) is 0 Å².